The van der Waals surface area contributed by atoms with Crippen LogP contribution >= 0.6 is 23.4 Å². The van der Waals surface area contributed by atoms with E-state index in [0.29, 0.717) is 22.9 Å². The highest BCUT2D eigenvalue weighted by atomic mass is 35.5. The molecule has 0 unspecified atom stereocenters. The molecule has 1 aromatic heterocycles. The van der Waals surface area contributed by atoms with Gasteiger partial charge in [-0.1, -0.05) is 73.8 Å². The van der Waals surface area contributed by atoms with Gasteiger partial charge in [0.2, 0.25) is 5.91 Å². The summed E-state index contributed by atoms with van der Waals surface area (Å²) in [5.41, 5.74) is 2.71. The zero-order valence-corrected chi connectivity index (χ0v) is 21.3. The van der Waals surface area contributed by atoms with Crippen LogP contribution < -0.4 is 5.32 Å². The Labute approximate surface area is 210 Å². The van der Waals surface area contributed by atoms with Gasteiger partial charge in [-0.3, -0.25) is 9.59 Å². The van der Waals surface area contributed by atoms with Crippen molar-refractivity contribution in [2.24, 2.45) is 0 Å². The average Bonchev–Trinajstić information content (AvgIpc) is 3.23. The molecule has 34 heavy (non-hydrogen) atoms. The molecular weight excluding hydrogens is 468 g/mol. The lowest BCUT2D eigenvalue weighted by Gasteiger charge is -2.10. The number of carbonyl (C=O) groups is 2. The summed E-state index contributed by atoms with van der Waals surface area (Å²) in [6.45, 7) is 5.09. The summed E-state index contributed by atoms with van der Waals surface area (Å²) in [6.07, 6.45) is 5.28. The predicted octanol–water partition coefficient (Wildman–Crippen LogP) is 5.83. The second kappa shape index (κ2) is 13.3. The lowest BCUT2D eigenvalue weighted by molar-refractivity contribution is -0.118. The minimum absolute atomic E-state index is 0.0405. The van der Waals surface area contributed by atoms with E-state index >= 15 is 0 Å². The third kappa shape index (κ3) is 7.71. The summed E-state index contributed by atoms with van der Waals surface area (Å²) < 4.78 is 2.11. The van der Waals surface area contributed by atoms with Crippen LogP contribution in [0.3, 0.4) is 0 Å². The highest BCUT2D eigenvalue weighted by Crippen LogP contribution is 2.26. The SMILES string of the molecule is CCCCCCn1c(SCC(=O)c2ccc(CCNC(C)=O)cc2)nnc1-c1ccc(Cl)cc1. The van der Waals surface area contributed by atoms with E-state index in [4.69, 9.17) is 11.6 Å². The standard InChI is InChI=1S/C26H31ClN4O2S/c1-3-4-5-6-17-31-25(22-11-13-23(27)14-12-22)29-30-26(31)34-18-24(33)21-9-7-20(8-10-21)15-16-28-19(2)32/h7-14H,3-6,15-18H2,1-2H3,(H,28,32). The molecule has 0 fully saturated rings. The van der Waals surface area contributed by atoms with E-state index in [1.807, 2.05) is 48.5 Å². The fraction of sp³-hybridized carbons (Fsp3) is 0.385. The van der Waals surface area contributed by atoms with Gasteiger partial charge in [-0.25, -0.2) is 0 Å². The van der Waals surface area contributed by atoms with Gasteiger partial charge in [-0.2, -0.15) is 0 Å². The molecule has 8 heteroatoms. The summed E-state index contributed by atoms with van der Waals surface area (Å²) in [6, 6.07) is 15.2. The number of halogens is 1. The third-order valence-corrected chi connectivity index (χ3v) is 6.67. The number of carbonyl (C=O) groups excluding carboxylic acids is 2. The van der Waals surface area contributed by atoms with Gasteiger partial charge >= 0.3 is 0 Å². The maximum atomic E-state index is 12.8. The minimum Gasteiger partial charge on any atom is -0.356 e. The molecule has 0 bridgehead atoms. The van der Waals surface area contributed by atoms with Crippen LogP contribution in [0.25, 0.3) is 11.4 Å². The number of rotatable bonds is 13. The van der Waals surface area contributed by atoms with E-state index < -0.39 is 0 Å². The van der Waals surface area contributed by atoms with Gasteiger partial charge in [0.1, 0.15) is 0 Å². The fourth-order valence-electron chi connectivity index (χ4n) is 3.56. The second-order valence-corrected chi connectivity index (χ2v) is 9.55. The number of hydrogen-bond acceptors (Lipinski definition) is 5. The van der Waals surface area contributed by atoms with E-state index in [0.717, 1.165) is 47.9 Å². The molecule has 0 saturated heterocycles. The molecule has 1 heterocycles. The Morgan fingerprint density at radius 1 is 1.00 bits per heavy atom. The third-order valence-electron chi connectivity index (χ3n) is 5.45. The van der Waals surface area contributed by atoms with E-state index in [2.05, 4.69) is 27.0 Å². The summed E-state index contributed by atoms with van der Waals surface area (Å²) in [5.74, 6) is 1.10. The van der Waals surface area contributed by atoms with Gasteiger partial charge < -0.3 is 9.88 Å². The zero-order valence-electron chi connectivity index (χ0n) is 19.7. The first kappa shape index (κ1) is 26.0. The molecule has 0 aliphatic rings. The normalized spacial score (nSPS) is 10.9. The van der Waals surface area contributed by atoms with Crippen LogP contribution in [0.2, 0.25) is 5.02 Å². The summed E-state index contributed by atoms with van der Waals surface area (Å²) in [7, 11) is 0. The number of unbranched alkanes of at least 4 members (excludes halogenated alkanes) is 3. The van der Waals surface area contributed by atoms with Gasteiger partial charge in [0.25, 0.3) is 0 Å². The molecule has 6 nitrogen and oxygen atoms in total. The maximum absolute atomic E-state index is 12.8. The summed E-state index contributed by atoms with van der Waals surface area (Å²) in [4.78, 5) is 23.8. The quantitative estimate of drug-likeness (QED) is 0.182. The Kier molecular flexibility index (Phi) is 10.2. The number of amides is 1. The van der Waals surface area contributed by atoms with Crippen molar-refractivity contribution in [3.63, 3.8) is 0 Å². The molecular formula is C26H31ClN4O2S. The number of aromatic nitrogens is 3. The van der Waals surface area contributed by atoms with Gasteiger partial charge in [0.05, 0.1) is 5.75 Å². The van der Waals surface area contributed by atoms with Crippen LogP contribution in [0, 0.1) is 0 Å². The largest absolute Gasteiger partial charge is 0.356 e. The highest BCUT2D eigenvalue weighted by molar-refractivity contribution is 7.99. The maximum Gasteiger partial charge on any atom is 0.216 e. The number of thioether (sulfide) groups is 1. The first-order valence-corrected chi connectivity index (χ1v) is 13.0. The molecule has 0 aliphatic carbocycles. The van der Waals surface area contributed by atoms with E-state index in [1.54, 1.807) is 0 Å². The molecule has 0 radical (unpaired) electrons. The van der Waals surface area contributed by atoms with Crippen molar-refractivity contribution in [1.82, 2.24) is 20.1 Å². The van der Waals surface area contributed by atoms with Crippen LogP contribution in [0.5, 0.6) is 0 Å². The molecule has 2 aromatic carbocycles. The number of benzene rings is 2. The molecule has 3 rings (SSSR count). The van der Waals surface area contributed by atoms with Crippen molar-refractivity contribution in [1.29, 1.82) is 0 Å². The minimum atomic E-state index is -0.0405. The van der Waals surface area contributed by atoms with Crippen molar-refractivity contribution in [2.75, 3.05) is 12.3 Å². The number of nitrogens with zero attached hydrogens (tertiary/aromatic N) is 3. The Balaban J connectivity index is 1.66. The fourth-order valence-corrected chi connectivity index (χ4v) is 4.54. The van der Waals surface area contributed by atoms with E-state index in [-0.39, 0.29) is 11.7 Å². The van der Waals surface area contributed by atoms with Gasteiger partial charge in [0.15, 0.2) is 16.8 Å². The van der Waals surface area contributed by atoms with Crippen LogP contribution in [-0.2, 0) is 17.8 Å². The average molecular weight is 499 g/mol. The topological polar surface area (TPSA) is 76.9 Å². The highest BCUT2D eigenvalue weighted by Gasteiger charge is 2.16. The molecule has 0 atom stereocenters. The Hall–Kier alpha value is -2.64. The first-order valence-electron chi connectivity index (χ1n) is 11.7. The van der Waals surface area contributed by atoms with E-state index in [1.165, 1.54) is 31.5 Å². The molecule has 1 N–H and O–H groups in total. The van der Waals surface area contributed by atoms with E-state index in [9.17, 15) is 9.59 Å². The van der Waals surface area contributed by atoms with Crippen molar-refractivity contribution < 1.29 is 9.59 Å². The molecule has 1 amide bonds. The Bertz CT molecular complexity index is 1080. The van der Waals surface area contributed by atoms with Crippen LogP contribution in [-0.4, -0.2) is 38.8 Å². The number of Topliss-reactive ketones (excluding diaryl/α,β-unsaturated/α-hetero) is 1. The van der Waals surface area contributed by atoms with Crippen molar-refractivity contribution in [2.45, 2.75) is 57.7 Å². The summed E-state index contributed by atoms with van der Waals surface area (Å²) >= 11 is 7.47. The first-order chi connectivity index (χ1) is 16.5. The van der Waals surface area contributed by atoms with Crippen LogP contribution in [0.4, 0.5) is 0 Å². The molecule has 3 aromatic rings. The Morgan fingerprint density at radius 2 is 1.74 bits per heavy atom. The van der Waals surface area contributed by atoms with Gasteiger partial charge in [-0.15, -0.1) is 10.2 Å². The van der Waals surface area contributed by atoms with Gasteiger partial charge in [0, 0.05) is 36.2 Å². The van der Waals surface area contributed by atoms with Crippen LogP contribution in [0.1, 0.15) is 55.5 Å². The zero-order chi connectivity index (χ0) is 24.3. The van der Waals surface area contributed by atoms with Crippen LogP contribution in [0.15, 0.2) is 53.7 Å². The predicted molar refractivity (Wildman–Crippen MR) is 138 cm³/mol. The smallest absolute Gasteiger partial charge is 0.216 e. The van der Waals surface area contributed by atoms with Gasteiger partial charge in [-0.05, 0) is 42.7 Å². The number of hydrogen-bond donors (Lipinski definition) is 1. The number of nitrogens with one attached hydrogen (secondary N) is 1. The molecule has 0 aliphatic heterocycles. The second-order valence-electron chi connectivity index (χ2n) is 8.17. The molecule has 180 valence electrons. The molecule has 0 spiro atoms. The summed E-state index contributed by atoms with van der Waals surface area (Å²) in [5, 5.41) is 13.0. The van der Waals surface area contributed by atoms with Crippen molar-refractivity contribution >= 4 is 35.1 Å². The number of ketones is 1. The van der Waals surface area contributed by atoms with Crippen molar-refractivity contribution in [3.8, 4) is 11.4 Å². The lowest BCUT2D eigenvalue weighted by Crippen LogP contribution is -2.22. The monoisotopic (exact) mass is 498 g/mol. The molecule has 0 saturated carbocycles. The van der Waals surface area contributed by atoms with Crippen molar-refractivity contribution in [3.05, 3.63) is 64.7 Å². The lowest BCUT2D eigenvalue weighted by atomic mass is 10.1. The Morgan fingerprint density at radius 3 is 2.41 bits per heavy atom.